The van der Waals surface area contributed by atoms with Crippen molar-refractivity contribution in [3.8, 4) is 0 Å². The lowest BCUT2D eigenvalue weighted by atomic mass is 9.96. The molecule has 0 atom stereocenters. The Kier molecular flexibility index (Phi) is 7.48. The molecule has 0 aromatic rings. The maximum absolute atomic E-state index is 11.7. The van der Waals surface area contributed by atoms with Gasteiger partial charge in [0.1, 0.15) is 0 Å². The van der Waals surface area contributed by atoms with Gasteiger partial charge in [-0.05, 0) is 27.7 Å². The van der Waals surface area contributed by atoms with Crippen molar-refractivity contribution in [1.29, 1.82) is 0 Å². The molecule has 0 unspecified atom stereocenters. The van der Waals surface area contributed by atoms with Crippen LogP contribution < -0.4 is 5.73 Å². The Bertz CT molecular complexity index is 364. The topological polar surface area (TPSA) is 95.7 Å². The molecule has 19 heavy (non-hydrogen) atoms. The molecular formula is C13H21NO5. The summed E-state index contributed by atoms with van der Waals surface area (Å²) in [7, 11) is 0. The molecule has 2 N–H and O–H groups in total. The van der Waals surface area contributed by atoms with E-state index in [1.54, 1.807) is 20.8 Å². The highest BCUT2D eigenvalue weighted by Crippen LogP contribution is 2.18. The highest BCUT2D eigenvalue weighted by Gasteiger charge is 2.31. The van der Waals surface area contributed by atoms with Crippen molar-refractivity contribution < 1.29 is 23.9 Å². The average Bonchev–Trinajstić information content (AvgIpc) is 2.29. The second-order valence-corrected chi connectivity index (χ2v) is 3.98. The van der Waals surface area contributed by atoms with Gasteiger partial charge < -0.3 is 15.2 Å². The second kappa shape index (κ2) is 8.29. The molecule has 0 amide bonds. The largest absolute Gasteiger partial charge is 0.465 e. The number of hydrogen-bond acceptors (Lipinski definition) is 6. The summed E-state index contributed by atoms with van der Waals surface area (Å²) < 4.78 is 9.63. The predicted octanol–water partition coefficient (Wildman–Crippen LogP) is 0.941. The van der Waals surface area contributed by atoms with E-state index in [9.17, 15) is 14.4 Å². The van der Waals surface area contributed by atoms with E-state index in [0.717, 1.165) is 0 Å². The first-order valence-corrected chi connectivity index (χ1v) is 6.14. The number of hydrogen-bond donors (Lipinski definition) is 1. The zero-order valence-corrected chi connectivity index (χ0v) is 11.8. The predicted molar refractivity (Wildman–Crippen MR) is 68.9 cm³/mol. The minimum absolute atomic E-state index is 0.102. The summed E-state index contributed by atoms with van der Waals surface area (Å²) in [5.41, 5.74) is 6.11. The molecule has 0 spiro atoms. The Morgan fingerprint density at radius 1 is 1.00 bits per heavy atom. The molecule has 6 heteroatoms. The highest BCUT2D eigenvalue weighted by atomic mass is 16.6. The summed E-state index contributed by atoms with van der Waals surface area (Å²) >= 11 is 0. The number of esters is 2. The van der Waals surface area contributed by atoms with Gasteiger partial charge in [0.15, 0.2) is 11.7 Å². The number of nitrogens with two attached hydrogens (primary N) is 1. The molecule has 108 valence electrons. The van der Waals surface area contributed by atoms with Gasteiger partial charge in [0.25, 0.3) is 0 Å². The summed E-state index contributed by atoms with van der Waals surface area (Å²) in [4.78, 5) is 34.9. The Morgan fingerprint density at radius 3 is 1.68 bits per heavy atom. The van der Waals surface area contributed by atoms with Crippen LogP contribution in [0.3, 0.4) is 0 Å². The maximum atomic E-state index is 11.7. The lowest BCUT2D eigenvalue weighted by molar-refractivity contribution is -0.161. The van der Waals surface area contributed by atoms with Crippen LogP contribution >= 0.6 is 0 Å². The number of carbonyl (C=O) groups excluding carboxylic acids is 3. The number of allylic oxidation sites excluding steroid dienone is 2. The minimum Gasteiger partial charge on any atom is -0.465 e. The quantitative estimate of drug-likeness (QED) is 0.420. The normalized spacial score (nSPS) is 11.8. The molecule has 6 nitrogen and oxygen atoms in total. The summed E-state index contributed by atoms with van der Waals surface area (Å²) in [5, 5.41) is 0. The van der Waals surface area contributed by atoms with Crippen molar-refractivity contribution in [3.63, 3.8) is 0 Å². The first-order chi connectivity index (χ1) is 8.84. The highest BCUT2D eigenvalue weighted by molar-refractivity contribution is 5.99. The van der Waals surface area contributed by atoms with Gasteiger partial charge in [-0.1, -0.05) is 0 Å². The molecule has 0 fully saturated rings. The van der Waals surface area contributed by atoms with Gasteiger partial charge in [-0.15, -0.1) is 0 Å². The fourth-order valence-electron chi connectivity index (χ4n) is 1.54. The third kappa shape index (κ3) is 5.54. The van der Waals surface area contributed by atoms with E-state index >= 15 is 0 Å². The zero-order chi connectivity index (χ0) is 15.0. The SMILES string of the molecule is CCOC(=O)C(CC(C(C)=O)=C(C)N)C(=O)OCC. The fourth-order valence-corrected chi connectivity index (χ4v) is 1.54. The molecule has 0 aliphatic rings. The molecule has 0 saturated heterocycles. The number of Topliss-reactive ketones (excluding diaryl/α,β-unsaturated/α-hetero) is 1. The van der Waals surface area contributed by atoms with Crippen LogP contribution in [0.1, 0.15) is 34.1 Å². The van der Waals surface area contributed by atoms with E-state index in [2.05, 4.69) is 0 Å². The summed E-state index contributed by atoms with van der Waals surface area (Å²) in [6, 6.07) is 0. The minimum atomic E-state index is -1.16. The number of carbonyl (C=O) groups is 3. The third-order valence-corrected chi connectivity index (χ3v) is 2.45. The zero-order valence-electron chi connectivity index (χ0n) is 11.8. The van der Waals surface area contributed by atoms with Crippen molar-refractivity contribution in [2.24, 2.45) is 11.7 Å². The molecule has 0 radical (unpaired) electrons. The van der Waals surface area contributed by atoms with E-state index in [4.69, 9.17) is 15.2 Å². The van der Waals surface area contributed by atoms with Gasteiger partial charge in [0, 0.05) is 17.7 Å². The van der Waals surface area contributed by atoms with Crippen molar-refractivity contribution in [2.75, 3.05) is 13.2 Å². The molecule has 0 bridgehead atoms. The number of rotatable bonds is 7. The van der Waals surface area contributed by atoms with Crippen molar-refractivity contribution >= 4 is 17.7 Å². The summed E-state index contributed by atoms with van der Waals surface area (Å²) in [6.07, 6.45) is -0.102. The first kappa shape index (κ1) is 17.2. The van der Waals surface area contributed by atoms with Gasteiger partial charge >= 0.3 is 11.9 Å². The van der Waals surface area contributed by atoms with Gasteiger partial charge in [0.2, 0.25) is 0 Å². The monoisotopic (exact) mass is 271 g/mol. The Labute approximate surface area is 112 Å². The molecule has 0 aromatic carbocycles. The third-order valence-electron chi connectivity index (χ3n) is 2.45. The Morgan fingerprint density at radius 2 is 1.42 bits per heavy atom. The first-order valence-electron chi connectivity index (χ1n) is 6.14. The lowest BCUT2D eigenvalue weighted by Gasteiger charge is -2.15. The Hall–Kier alpha value is -1.85. The van der Waals surface area contributed by atoms with Crippen molar-refractivity contribution in [1.82, 2.24) is 0 Å². The number of ether oxygens (including phenoxy) is 2. The molecule has 0 aromatic heterocycles. The van der Waals surface area contributed by atoms with Crippen LogP contribution in [0.25, 0.3) is 0 Å². The molecule has 0 rings (SSSR count). The Balaban J connectivity index is 5.15. The summed E-state index contributed by atoms with van der Waals surface area (Å²) in [6.45, 7) is 6.44. The molecular weight excluding hydrogens is 250 g/mol. The van der Waals surface area contributed by atoms with Crippen molar-refractivity contribution in [3.05, 3.63) is 11.3 Å². The van der Waals surface area contributed by atoms with E-state index in [1.807, 2.05) is 0 Å². The van der Waals surface area contributed by atoms with Crippen LogP contribution in [-0.2, 0) is 23.9 Å². The maximum Gasteiger partial charge on any atom is 0.320 e. The van der Waals surface area contributed by atoms with Crippen LogP contribution in [0.4, 0.5) is 0 Å². The van der Waals surface area contributed by atoms with Crippen LogP contribution in [-0.4, -0.2) is 30.9 Å². The van der Waals surface area contributed by atoms with Gasteiger partial charge in [0.05, 0.1) is 13.2 Å². The van der Waals surface area contributed by atoms with E-state index in [-0.39, 0.29) is 36.7 Å². The van der Waals surface area contributed by atoms with Crippen LogP contribution in [0.5, 0.6) is 0 Å². The van der Waals surface area contributed by atoms with Crippen LogP contribution in [0.15, 0.2) is 11.3 Å². The van der Waals surface area contributed by atoms with Crippen LogP contribution in [0.2, 0.25) is 0 Å². The molecule has 0 heterocycles. The van der Waals surface area contributed by atoms with Gasteiger partial charge in [-0.2, -0.15) is 0 Å². The van der Waals surface area contributed by atoms with Crippen molar-refractivity contribution in [2.45, 2.75) is 34.1 Å². The average molecular weight is 271 g/mol. The fraction of sp³-hybridized carbons (Fsp3) is 0.615. The van der Waals surface area contributed by atoms with Crippen LogP contribution in [0, 0.1) is 5.92 Å². The van der Waals surface area contributed by atoms with Gasteiger partial charge in [-0.25, -0.2) is 0 Å². The van der Waals surface area contributed by atoms with E-state index in [0.29, 0.717) is 0 Å². The molecule has 0 aliphatic heterocycles. The number of ketones is 1. The standard InChI is InChI=1S/C13H21NO5/c1-5-18-12(16)11(13(17)19-6-2)7-10(8(3)14)9(4)15/h11H,5-7,14H2,1-4H3. The lowest BCUT2D eigenvalue weighted by Crippen LogP contribution is -2.30. The summed E-state index contributed by atoms with van der Waals surface area (Å²) in [5.74, 6) is -2.85. The van der Waals surface area contributed by atoms with E-state index < -0.39 is 17.9 Å². The van der Waals surface area contributed by atoms with Gasteiger partial charge in [-0.3, -0.25) is 14.4 Å². The molecule has 0 aliphatic carbocycles. The smallest absolute Gasteiger partial charge is 0.320 e. The second-order valence-electron chi connectivity index (χ2n) is 3.98. The molecule has 0 saturated carbocycles. The van der Waals surface area contributed by atoms with E-state index in [1.165, 1.54) is 6.92 Å².